The Morgan fingerprint density at radius 3 is 3.07 bits per heavy atom. The molecule has 2 atom stereocenters. The molecule has 2 unspecified atom stereocenters. The molecule has 2 heterocycles. The lowest BCUT2D eigenvalue weighted by molar-refractivity contribution is 0.0959. The Bertz CT molecular complexity index is 478. The summed E-state index contributed by atoms with van der Waals surface area (Å²) in [6, 6.07) is 7.54. The maximum Gasteiger partial charge on any atom is 0.189 e. The van der Waals surface area contributed by atoms with Crippen LogP contribution >= 0.6 is 11.8 Å². The molecule has 2 aliphatic rings. The zero-order valence-electron chi connectivity index (χ0n) is 7.96. The minimum Gasteiger partial charge on any atom is -0.292 e. The van der Waals surface area contributed by atoms with E-state index in [1.165, 1.54) is 0 Å². The van der Waals surface area contributed by atoms with Crippen molar-refractivity contribution in [2.45, 2.75) is 16.2 Å². The summed E-state index contributed by atoms with van der Waals surface area (Å²) >= 11 is 1.72. The number of nitrogens with zero attached hydrogens (tertiary/aromatic N) is 1. The maximum absolute atomic E-state index is 12.1. The predicted molar refractivity (Wildman–Crippen MR) is 61.8 cm³/mol. The summed E-state index contributed by atoms with van der Waals surface area (Å²) in [5.41, 5.74) is 0.816. The van der Waals surface area contributed by atoms with Crippen LogP contribution < -0.4 is 0 Å². The first-order valence-electron chi connectivity index (χ1n) is 4.86. The molecule has 3 heteroatoms. The Balaban J connectivity index is 2.11. The van der Waals surface area contributed by atoms with Crippen LogP contribution in [0, 0.1) is 0 Å². The lowest BCUT2D eigenvalue weighted by atomic mass is 9.99. The molecule has 74 valence electrons. The van der Waals surface area contributed by atoms with Gasteiger partial charge in [0.15, 0.2) is 5.78 Å². The smallest absolute Gasteiger partial charge is 0.189 e. The van der Waals surface area contributed by atoms with Crippen molar-refractivity contribution >= 4 is 23.8 Å². The van der Waals surface area contributed by atoms with Gasteiger partial charge < -0.3 is 0 Å². The molecule has 0 aliphatic carbocycles. The molecule has 0 aromatic heterocycles. The fraction of sp³-hybridized carbons (Fsp3) is 0.167. The summed E-state index contributed by atoms with van der Waals surface area (Å²) in [5, 5.41) is 0.178. The molecule has 2 nitrogen and oxygen atoms in total. The van der Waals surface area contributed by atoms with E-state index in [9.17, 15) is 4.79 Å². The SMILES string of the molecule is O=C1c2ccccc2SC2C=CC=NC12. The number of hydrogen-bond acceptors (Lipinski definition) is 3. The number of aliphatic imine (C=N–C) groups is 1. The number of hydrogen-bond donors (Lipinski definition) is 0. The van der Waals surface area contributed by atoms with Gasteiger partial charge in [-0.3, -0.25) is 9.79 Å². The third kappa shape index (κ3) is 1.35. The van der Waals surface area contributed by atoms with E-state index < -0.39 is 0 Å². The summed E-state index contributed by atoms with van der Waals surface area (Å²) in [6.45, 7) is 0. The van der Waals surface area contributed by atoms with Crippen molar-refractivity contribution in [3.05, 3.63) is 42.0 Å². The van der Waals surface area contributed by atoms with Crippen molar-refractivity contribution in [2.75, 3.05) is 0 Å². The van der Waals surface area contributed by atoms with E-state index in [0.29, 0.717) is 0 Å². The summed E-state index contributed by atoms with van der Waals surface area (Å²) in [6.07, 6.45) is 5.68. The Morgan fingerprint density at radius 2 is 2.13 bits per heavy atom. The Hall–Kier alpha value is -1.35. The molecule has 0 radical (unpaired) electrons. The zero-order valence-corrected chi connectivity index (χ0v) is 8.78. The highest BCUT2D eigenvalue weighted by atomic mass is 32.2. The second-order valence-electron chi connectivity index (χ2n) is 3.57. The standard InChI is InChI=1S/C12H9NOS/c14-12-8-4-1-2-5-9(8)15-10-6-3-7-13-11(10)12/h1-7,10-11H. The molecule has 0 N–H and O–H groups in total. The average molecular weight is 215 g/mol. The lowest BCUT2D eigenvalue weighted by Crippen LogP contribution is -2.34. The number of carbonyl (C=O) groups excluding carboxylic acids is 1. The van der Waals surface area contributed by atoms with Crippen LogP contribution in [-0.2, 0) is 0 Å². The number of ketones is 1. The number of rotatable bonds is 0. The van der Waals surface area contributed by atoms with Crippen molar-refractivity contribution < 1.29 is 4.79 Å². The summed E-state index contributed by atoms with van der Waals surface area (Å²) in [5.74, 6) is 0.148. The number of dihydropyridines is 1. The lowest BCUT2D eigenvalue weighted by Gasteiger charge is -2.27. The third-order valence-corrected chi connectivity index (χ3v) is 3.93. The van der Waals surface area contributed by atoms with Crippen LogP contribution in [0.15, 0.2) is 46.3 Å². The van der Waals surface area contributed by atoms with Crippen molar-refractivity contribution in [3.8, 4) is 0 Å². The summed E-state index contributed by atoms with van der Waals surface area (Å²) in [7, 11) is 0. The molecular weight excluding hydrogens is 206 g/mol. The van der Waals surface area contributed by atoms with Crippen LogP contribution in [0.3, 0.4) is 0 Å². The monoisotopic (exact) mass is 215 g/mol. The quantitative estimate of drug-likeness (QED) is 0.665. The highest BCUT2D eigenvalue weighted by molar-refractivity contribution is 8.00. The van der Waals surface area contributed by atoms with Crippen molar-refractivity contribution in [2.24, 2.45) is 4.99 Å². The van der Waals surface area contributed by atoms with Crippen LogP contribution in [-0.4, -0.2) is 23.3 Å². The van der Waals surface area contributed by atoms with Gasteiger partial charge in [-0.2, -0.15) is 0 Å². The third-order valence-electron chi connectivity index (χ3n) is 2.63. The van der Waals surface area contributed by atoms with E-state index in [4.69, 9.17) is 0 Å². The fourth-order valence-corrected chi connectivity index (χ4v) is 3.13. The highest BCUT2D eigenvalue weighted by Gasteiger charge is 2.34. The van der Waals surface area contributed by atoms with Gasteiger partial charge in [0.25, 0.3) is 0 Å². The predicted octanol–water partition coefficient (Wildman–Crippen LogP) is 2.35. The van der Waals surface area contributed by atoms with Crippen molar-refractivity contribution in [3.63, 3.8) is 0 Å². The first kappa shape index (κ1) is 8.92. The molecule has 0 bridgehead atoms. The average Bonchev–Trinajstić information content (AvgIpc) is 2.30. The van der Waals surface area contributed by atoms with Crippen molar-refractivity contribution in [1.29, 1.82) is 0 Å². The molecular formula is C12H9NOS. The van der Waals surface area contributed by atoms with E-state index in [1.54, 1.807) is 18.0 Å². The Kier molecular flexibility index (Phi) is 1.99. The van der Waals surface area contributed by atoms with Gasteiger partial charge >= 0.3 is 0 Å². The number of allylic oxidation sites excluding steroid dienone is 1. The van der Waals surface area contributed by atoms with Gasteiger partial charge in [0.1, 0.15) is 6.04 Å². The molecule has 0 saturated heterocycles. The number of thioether (sulfide) groups is 1. The van der Waals surface area contributed by atoms with Gasteiger partial charge in [0.05, 0.1) is 5.25 Å². The zero-order chi connectivity index (χ0) is 10.3. The topological polar surface area (TPSA) is 29.4 Å². The first-order chi connectivity index (χ1) is 7.36. The van der Waals surface area contributed by atoms with E-state index >= 15 is 0 Å². The summed E-state index contributed by atoms with van der Waals surface area (Å²) < 4.78 is 0. The van der Waals surface area contributed by atoms with Crippen LogP contribution in [0.25, 0.3) is 0 Å². The highest BCUT2D eigenvalue weighted by Crippen LogP contribution is 2.37. The molecule has 2 aliphatic heterocycles. The fourth-order valence-electron chi connectivity index (χ4n) is 1.89. The molecule has 3 rings (SSSR count). The molecule has 1 aromatic carbocycles. The molecule has 1 aromatic rings. The molecule has 0 saturated carbocycles. The van der Waals surface area contributed by atoms with Crippen molar-refractivity contribution in [1.82, 2.24) is 0 Å². The second kappa shape index (κ2) is 3.35. The molecule has 0 amide bonds. The number of carbonyl (C=O) groups is 1. The molecule has 0 spiro atoms. The van der Waals surface area contributed by atoms with Gasteiger partial charge in [-0.15, -0.1) is 11.8 Å². The van der Waals surface area contributed by atoms with Crippen LogP contribution in [0.5, 0.6) is 0 Å². The van der Waals surface area contributed by atoms with E-state index in [-0.39, 0.29) is 17.1 Å². The van der Waals surface area contributed by atoms with Gasteiger partial charge in [-0.25, -0.2) is 0 Å². The van der Waals surface area contributed by atoms with E-state index in [2.05, 4.69) is 11.1 Å². The van der Waals surface area contributed by atoms with Crippen LogP contribution in [0.4, 0.5) is 0 Å². The first-order valence-corrected chi connectivity index (χ1v) is 5.74. The van der Waals surface area contributed by atoms with Gasteiger partial charge in [-0.1, -0.05) is 24.3 Å². The Labute approximate surface area is 92.1 Å². The van der Waals surface area contributed by atoms with Crippen LogP contribution in [0.1, 0.15) is 10.4 Å². The minimum absolute atomic E-state index is 0.148. The molecule has 15 heavy (non-hydrogen) atoms. The normalized spacial score (nSPS) is 27.3. The van der Waals surface area contributed by atoms with Gasteiger partial charge in [-0.05, 0) is 12.1 Å². The van der Waals surface area contributed by atoms with Gasteiger partial charge in [0.2, 0.25) is 0 Å². The van der Waals surface area contributed by atoms with E-state index in [1.807, 2.05) is 30.3 Å². The second-order valence-corrected chi connectivity index (χ2v) is 4.79. The number of fused-ring (bicyclic) bond motifs is 2. The number of Topliss-reactive ketones (excluding diaryl/α,β-unsaturated/α-hetero) is 1. The molecule has 0 fully saturated rings. The maximum atomic E-state index is 12.1. The summed E-state index contributed by atoms with van der Waals surface area (Å²) in [4.78, 5) is 17.4. The van der Waals surface area contributed by atoms with Gasteiger partial charge in [0, 0.05) is 16.7 Å². The Morgan fingerprint density at radius 1 is 1.27 bits per heavy atom. The number of benzene rings is 1. The largest absolute Gasteiger partial charge is 0.292 e. The van der Waals surface area contributed by atoms with Crippen LogP contribution in [0.2, 0.25) is 0 Å². The minimum atomic E-state index is -0.213. The van der Waals surface area contributed by atoms with E-state index in [0.717, 1.165) is 10.5 Å².